The van der Waals surface area contributed by atoms with Gasteiger partial charge >= 0.3 is 11.8 Å². The van der Waals surface area contributed by atoms with Gasteiger partial charge in [-0.2, -0.15) is 4.98 Å². The lowest BCUT2D eigenvalue weighted by Gasteiger charge is -2.20. The van der Waals surface area contributed by atoms with E-state index in [9.17, 15) is 19.5 Å². The van der Waals surface area contributed by atoms with Gasteiger partial charge in [0.05, 0.1) is 0 Å². The third-order valence-electron chi connectivity index (χ3n) is 4.90. The first-order valence-corrected chi connectivity index (χ1v) is 10.2. The minimum atomic E-state index is -1.12. The number of unbranched alkanes of at least 4 members (excludes halogenated alkanes) is 2. The van der Waals surface area contributed by atoms with Crippen molar-refractivity contribution in [3.8, 4) is 0 Å². The summed E-state index contributed by atoms with van der Waals surface area (Å²) in [5.74, 6) is 0. The van der Waals surface area contributed by atoms with Gasteiger partial charge in [0.15, 0.2) is 11.2 Å². The highest BCUT2D eigenvalue weighted by Gasteiger charge is 2.19. The van der Waals surface area contributed by atoms with E-state index in [-0.39, 0.29) is 36.1 Å². The van der Waals surface area contributed by atoms with E-state index < -0.39 is 17.3 Å². The van der Waals surface area contributed by atoms with Crippen LogP contribution in [0.2, 0.25) is 5.28 Å². The molecule has 0 saturated heterocycles. The molecule has 9 nitrogen and oxygen atoms in total. The van der Waals surface area contributed by atoms with Crippen molar-refractivity contribution in [2.24, 2.45) is 0 Å². The number of aryl methyl sites for hydroxylation is 1. The number of halogens is 1. The molecule has 2 heterocycles. The average molecular weight is 434 g/mol. The average Bonchev–Trinajstić information content (AvgIpc) is 3.12. The fourth-order valence-corrected chi connectivity index (χ4v) is 3.50. The second-order valence-electron chi connectivity index (χ2n) is 7.01. The quantitative estimate of drug-likeness (QED) is 0.398. The van der Waals surface area contributed by atoms with Crippen molar-refractivity contribution in [2.45, 2.75) is 45.8 Å². The molecule has 30 heavy (non-hydrogen) atoms. The molecule has 0 radical (unpaired) electrons. The summed E-state index contributed by atoms with van der Waals surface area (Å²) < 4.78 is 2.47. The number of carboxylic acid groups (broad SMARTS) is 1. The van der Waals surface area contributed by atoms with Crippen LogP contribution in [0.5, 0.6) is 0 Å². The van der Waals surface area contributed by atoms with Crippen LogP contribution in [0.15, 0.2) is 39.9 Å². The molecule has 2 aromatic heterocycles. The third kappa shape index (κ3) is 4.73. The number of aromatic nitrogens is 4. The number of aromatic amines is 1. The Morgan fingerprint density at radius 2 is 1.90 bits per heavy atom. The highest BCUT2D eigenvalue weighted by atomic mass is 35.5. The Morgan fingerprint density at radius 1 is 1.17 bits per heavy atom. The van der Waals surface area contributed by atoms with E-state index in [1.165, 1.54) is 9.47 Å². The maximum Gasteiger partial charge on any atom is 0.407 e. The highest BCUT2D eigenvalue weighted by molar-refractivity contribution is 6.28. The molecular formula is C20H24ClN5O4. The van der Waals surface area contributed by atoms with Gasteiger partial charge in [-0.15, -0.1) is 0 Å². The van der Waals surface area contributed by atoms with E-state index in [4.69, 9.17) is 11.6 Å². The van der Waals surface area contributed by atoms with Gasteiger partial charge in [-0.1, -0.05) is 50.1 Å². The fourth-order valence-electron chi connectivity index (χ4n) is 3.32. The molecule has 0 unspecified atom stereocenters. The van der Waals surface area contributed by atoms with E-state index in [2.05, 4.69) is 16.9 Å². The lowest BCUT2D eigenvalue weighted by Crippen LogP contribution is -2.43. The summed E-state index contributed by atoms with van der Waals surface area (Å²) in [5.41, 5.74) is 0.103. The van der Waals surface area contributed by atoms with E-state index in [1.807, 2.05) is 30.3 Å². The van der Waals surface area contributed by atoms with Crippen molar-refractivity contribution in [1.29, 1.82) is 0 Å². The number of fused-ring (bicyclic) bond motifs is 1. The van der Waals surface area contributed by atoms with Crippen LogP contribution in [0.25, 0.3) is 11.2 Å². The van der Waals surface area contributed by atoms with Crippen LogP contribution in [0.1, 0.15) is 31.7 Å². The summed E-state index contributed by atoms with van der Waals surface area (Å²) >= 11 is 5.94. The van der Waals surface area contributed by atoms with Gasteiger partial charge in [-0.05, 0) is 23.6 Å². The molecule has 0 saturated carbocycles. The Hall–Kier alpha value is -3.07. The summed E-state index contributed by atoms with van der Waals surface area (Å²) in [6.07, 6.45) is 1.53. The smallest absolute Gasteiger partial charge is 0.407 e. The number of amides is 1. The lowest BCUT2D eigenvalue weighted by molar-refractivity contribution is 0.140. The normalized spacial score (nSPS) is 11.1. The Bertz CT molecular complexity index is 1140. The lowest BCUT2D eigenvalue weighted by atomic mass is 10.2. The summed E-state index contributed by atoms with van der Waals surface area (Å²) in [5, 5.41) is 9.57. The zero-order valence-electron chi connectivity index (χ0n) is 16.7. The molecule has 1 amide bonds. The fraction of sp³-hybridized carbons (Fsp3) is 0.400. The van der Waals surface area contributed by atoms with Crippen molar-refractivity contribution in [3.05, 3.63) is 62.0 Å². The van der Waals surface area contributed by atoms with Crippen LogP contribution in [0.4, 0.5) is 4.79 Å². The molecule has 0 fully saturated rings. The zero-order valence-corrected chi connectivity index (χ0v) is 17.4. The van der Waals surface area contributed by atoms with Gasteiger partial charge in [0.1, 0.15) is 0 Å². The van der Waals surface area contributed by atoms with Crippen molar-refractivity contribution in [2.75, 3.05) is 6.54 Å². The Kier molecular flexibility index (Phi) is 6.94. The molecular weight excluding hydrogens is 410 g/mol. The molecule has 0 aliphatic rings. The molecule has 0 spiro atoms. The number of benzene rings is 1. The van der Waals surface area contributed by atoms with Crippen LogP contribution in [-0.2, 0) is 19.6 Å². The van der Waals surface area contributed by atoms with Crippen LogP contribution >= 0.6 is 11.6 Å². The summed E-state index contributed by atoms with van der Waals surface area (Å²) in [7, 11) is 0. The van der Waals surface area contributed by atoms with Crippen molar-refractivity contribution < 1.29 is 9.90 Å². The second kappa shape index (κ2) is 9.62. The molecule has 3 rings (SSSR count). The summed E-state index contributed by atoms with van der Waals surface area (Å²) in [4.78, 5) is 45.5. The number of H-pyrrole nitrogens is 1. The topological polar surface area (TPSA) is 113 Å². The van der Waals surface area contributed by atoms with Crippen LogP contribution in [-0.4, -0.2) is 41.7 Å². The first-order chi connectivity index (χ1) is 14.4. The van der Waals surface area contributed by atoms with E-state index in [1.54, 1.807) is 0 Å². The van der Waals surface area contributed by atoms with Crippen molar-refractivity contribution >= 4 is 28.9 Å². The van der Waals surface area contributed by atoms with E-state index in [0.29, 0.717) is 6.54 Å². The number of imidazole rings is 1. The Labute approximate surface area is 177 Å². The monoisotopic (exact) mass is 433 g/mol. The van der Waals surface area contributed by atoms with Crippen LogP contribution < -0.4 is 11.2 Å². The van der Waals surface area contributed by atoms with Crippen molar-refractivity contribution in [3.63, 3.8) is 0 Å². The van der Waals surface area contributed by atoms with Gasteiger partial charge in [0.2, 0.25) is 5.28 Å². The first-order valence-electron chi connectivity index (χ1n) is 9.83. The second-order valence-corrected chi connectivity index (χ2v) is 7.37. The molecule has 0 atom stereocenters. The zero-order chi connectivity index (χ0) is 21.7. The predicted molar refractivity (Wildman–Crippen MR) is 114 cm³/mol. The number of hydrogen-bond acceptors (Lipinski definition) is 4. The number of hydrogen-bond donors (Lipinski definition) is 2. The van der Waals surface area contributed by atoms with Gasteiger partial charge in [0, 0.05) is 26.2 Å². The summed E-state index contributed by atoms with van der Waals surface area (Å²) in [6, 6.07) is 9.14. The first kappa shape index (κ1) is 21.6. The standard InChI is InChI=1S/C20H24ClN5O4/c1-2-3-7-10-25-16-15(22-18(21)23-16)17(27)26(19(25)28)12-11-24(20(29)30)13-14-8-5-4-6-9-14/h4-6,8-9H,2-3,7,10-13H2,1H3,(H,22,23)(H,29,30). The van der Waals surface area contributed by atoms with Crippen LogP contribution in [0.3, 0.4) is 0 Å². The maximum absolute atomic E-state index is 13.0. The molecule has 10 heteroatoms. The maximum atomic E-state index is 13.0. The Morgan fingerprint density at radius 3 is 2.57 bits per heavy atom. The minimum absolute atomic E-state index is 0.0122. The number of nitrogens with one attached hydrogen (secondary N) is 1. The number of nitrogens with zero attached hydrogens (tertiary/aromatic N) is 4. The van der Waals surface area contributed by atoms with Crippen molar-refractivity contribution in [1.82, 2.24) is 24.0 Å². The molecule has 1 aromatic carbocycles. The largest absolute Gasteiger partial charge is 0.465 e. The SMILES string of the molecule is CCCCCn1c(=O)n(CCN(Cc2ccccc2)C(=O)O)c(=O)c2[nH]c(Cl)nc21. The molecule has 0 aliphatic heterocycles. The molecule has 2 N–H and O–H groups in total. The number of carbonyl (C=O) groups is 1. The van der Waals surface area contributed by atoms with Gasteiger partial charge in [-0.3, -0.25) is 13.9 Å². The molecule has 3 aromatic rings. The molecule has 0 bridgehead atoms. The van der Waals surface area contributed by atoms with E-state index in [0.717, 1.165) is 29.4 Å². The van der Waals surface area contributed by atoms with E-state index >= 15 is 0 Å². The predicted octanol–water partition coefficient (Wildman–Crippen LogP) is 2.91. The van der Waals surface area contributed by atoms with Gasteiger partial charge < -0.3 is 15.0 Å². The number of rotatable bonds is 9. The van der Waals surface area contributed by atoms with Gasteiger partial charge in [-0.25, -0.2) is 9.59 Å². The third-order valence-corrected chi connectivity index (χ3v) is 5.08. The van der Waals surface area contributed by atoms with Crippen LogP contribution in [0, 0.1) is 0 Å². The summed E-state index contributed by atoms with van der Waals surface area (Å²) in [6.45, 7) is 2.53. The highest BCUT2D eigenvalue weighted by Crippen LogP contribution is 2.11. The molecule has 160 valence electrons. The molecule has 0 aliphatic carbocycles. The van der Waals surface area contributed by atoms with Gasteiger partial charge in [0.25, 0.3) is 5.56 Å². The Balaban J connectivity index is 1.91. The minimum Gasteiger partial charge on any atom is -0.465 e.